The Morgan fingerprint density at radius 3 is 2.52 bits per heavy atom. The predicted octanol–water partition coefficient (Wildman–Crippen LogP) is 3.93. The first kappa shape index (κ1) is 17.6. The van der Waals surface area contributed by atoms with Gasteiger partial charge >= 0.3 is 5.97 Å². The van der Waals surface area contributed by atoms with Crippen LogP contribution in [0.15, 0.2) is 29.6 Å². The molecule has 23 heavy (non-hydrogen) atoms. The summed E-state index contributed by atoms with van der Waals surface area (Å²) in [5, 5.41) is 15.4. The molecule has 6 heteroatoms. The minimum absolute atomic E-state index is 0.267. The molecule has 0 unspecified atom stereocenters. The molecule has 1 heterocycles. The van der Waals surface area contributed by atoms with Crippen LogP contribution in [0.1, 0.15) is 32.4 Å². The summed E-state index contributed by atoms with van der Waals surface area (Å²) in [6.07, 6.45) is 1.17. The summed E-state index contributed by atoms with van der Waals surface area (Å²) < 4.78 is 12.9. The average Bonchev–Trinajstić information content (AvgIpc) is 3.01. The van der Waals surface area contributed by atoms with Gasteiger partial charge in [0.1, 0.15) is 10.8 Å². The largest absolute Gasteiger partial charge is 0.481 e. The van der Waals surface area contributed by atoms with Gasteiger partial charge in [-0.2, -0.15) is 0 Å². The van der Waals surface area contributed by atoms with Gasteiger partial charge in [0.15, 0.2) is 0 Å². The molecule has 2 N–H and O–H groups in total. The van der Waals surface area contributed by atoms with Crippen molar-refractivity contribution in [1.29, 1.82) is 0 Å². The molecule has 2 aromatic rings. The van der Waals surface area contributed by atoms with E-state index in [0.29, 0.717) is 25.9 Å². The molecular weight excluding hydrogens is 315 g/mol. The van der Waals surface area contributed by atoms with Crippen molar-refractivity contribution in [2.75, 3.05) is 6.54 Å². The number of thiazole rings is 1. The van der Waals surface area contributed by atoms with Crippen LogP contribution in [0.3, 0.4) is 0 Å². The van der Waals surface area contributed by atoms with Gasteiger partial charge in [0.25, 0.3) is 0 Å². The fourth-order valence-electron chi connectivity index (χ4n) is 2.42. The van der Waals surface area contributed by atoms with Gasteiger partial charge in [-0.1, -0.05) is 13.8 Å². The lowest BCUT2D eigenvalue weighted by molar-refractivity contribution is -0.149. The second-order valence-electron chi connectivity index (χ2n) is 5.55. The van der Waals surface area contributed by atoms with E-state index in [0.717, 1.165) is 16.3 Å². The predicted molar refractivity (Wildman–Crippen MR) is 89.9 cm³/mol. The standard InChI is InChI=1S/C17H21FN2O2S/c1-3-17(4-2,16(21)22)11-19-9-14-10-23-15(20-14)12-5-7-13(18)8-6-12/h5-8,10,19H,3-4,9,11H2,1-2H3,(H,21,22). The first-order valence-corrected chi connectivity index (χ1v) is 8.53. The summed E-state index contributed by atoms with van der Waals surface area (Å²) >= 11 is 1.49. The van der Waals surface area contributed by atoms with Gasteiger partial charge in [-0.3, -0.25) is 4.79 Å². The highest BCUT2D eigenvalue weighted by atomic mass is 32.1. The smallest absolute Gasteiger partial charge is 0.310 e. The molecule has 4 nitrogen and oxygen atoms in total. The number of carbonyl (C=O) groups is 1. The van der Waals surface area contributed by atoms with E-state index < -0.39 is 11.4 Å². The normalized spacial score (nSPS) is 11.6. The molecule has 0 bridgehead atoms. The number of nitrogens with zero attached hydrogens (tertiary/aromatic N) is 1. The Kier molecular flexibility index (Phi) is 5.85. The molecule has 0 radical (unpaired) electrons. The van der Waals surface area contributed by atoms with Gasteiger partial charge in [-0.15, -0.1) is 11.3 Å². The SMILES string of the molecule is CCC(CC)(CNCc1csc(-c2ccc(F)cc2)n1)C(=O)O. The van der Waals surface area contributed by atoms with Crippen molar-refractivity contribution in [3.63, 3.8) is 0 Å². The van der Waals surface area contributed by atoms with Crippen molar-refractivity contribution in [2.45, 2.75) is 33.2 Å². The number of hydrogen-bond donors (Lipinski definition) is 2. The highest BCUT2D eigenvalue weighted by Gasteiger charge is 2.34. The van der Waals surface area contributed by atoms with Crippen molar-refractivity contribution in [3.05, 3.63) is 41.2 Å². The number of aromatic nitrogens is 1. The average molecular weight is 336 g/mol. The zero-order valence-corrected chi connectivity index (χ0v) is 14.1. The molecule has 0 atom stereocenters. The molecule has 1 aromatic heterocycles. The monoisotopic (exact) mass is 336 g/mol. The number of halogens is 1. The van der Waals surface area contributed by atoms with Crippen LogP contribution in [0.2, 0.25) is 0 Å². The molecular formula is C17H21FN2O2S. The molecule has 124 valence electrons. The molecule has 2 rings (SSSR count). The Balaban J connectivity index is 1.97. The van der Waals surface area contributed by atoms with Crippen LogP contribution in [0.5, 0.6) is 0 Å². The van der Waals surface area contributed by atoms with Crippen LogP contribution >= 0.6 is 11.3 Å². The van der Waals surface area contributed by atoms with E-state index in [9.17, 15) is 14.3 Å². The van der Waals surface area contributed by atoms with E-state index in [1.165, 1.54) is 23.5 Å². The molecule has 0 aliphatic carbocycles. The van der Waals surface area contributed by atoms with Crippen molar-refractivity contribution in [3.8, 4) is 10.6 Å². The van der Waals surface area contributed by atoms with Crippen molar-refractivity contribution in [2.24, 2.45) is 5.41 Å². The van der Waals surface area contributed by atoms with E-state index in [1.54, 1.807) is 12.1 Å². The number of aliphatic carboxylic acids is 1. The minimum atomic E-state index is -0.764. The Morgan fingerprint density at radius 2 is 1.96 bits per heavy atom. The molecule has 0 saturated carbocycles. The van der Waals surface area contributed by atoms with Gasteiger partial charge in [-0.25, -0.2) is 9.37 Å². The first-order chi connectivity index (χ1) is 11.0. The van der Waals surface area contributed by atoms with E-state index in [-0.39, 0.29) is 5.82 Å². The number of nitrogens with one attached hydrogen (secondary N) is 1. The van der Waals surface area contributed by atoms with Gasteiger partial charge in [0, 0.05) is 24.0 Å². The maximum absolute atomic E-state index is 12.9. The molecule has 0 saturated heterocycles. The van der Waals surface area contributed by atoms with E-state index in [1.807, 2.05) is 19.2 Å². The molecule has 0 fully saturated rings. The quantitative estimate of drug-likeness (QED) is 0.767. The van der Waals surface area contributed by atoms with Gasteiger partial charge < -0.3 is 10.4 Å². The number of rotatable bonds is 8. The zero-order valence-electron chi connectivity index (χ0n) is 13.3. The molecule has 0 spiro atoms. The summed E-state index contributed by atoms with van der Waals surface area (Å²) in [6, 6.07) is 6.24. The van der Waals surface area contributed by atoms with Gasteiger partial charge in [0.2, 0.25) is 0 Å². The number of benzene rings is 1. The van der Waals surface area contributed by atoms with Crippen molar-refractivity contribution >= 4 is 17.3 Å². The Morgan fingerprint density at radius 1 is 1.30 bits per heavy atom. The lowest BCUT2D eigenvalue weighted by atomic mass is 9.82. The third-order valence-electron chi connectivity index (χ3n) is 4.22. The summed E-state index contributed by atoms with van der Waals surface area (Å²) in [5.41, 5.74) is 1.01. The highest BCUT2D eigenvalue weighted by molar-refractivity contribution is 7.13. The molecule has 0 aliphatic heterocycles. The number of hydrogen-bond acceptors (Lipinski definition) is 4. The van der Waals surface area contributed by atoms with Gasteiger partial charge in [-0.05, 0) is 37.1 Å². The summed E-state index contributed by atoms with van der Waals surface area (Å²) in [6.45, 7) is 4.73. The lowest BCUT2D eigenvalue weighted by Gasteiger charge is -2.26. The first-order valence-electron chi connectivity index (χ1n) is 7.65. The fourth-order valence-corrected chi connectivity index (χ4v) is 3.25. The third-order valence-corrected chi connectivity index (χ3v) is 5.16. The second-order valence-corrected chi connectivity index (χ2v) is 6.41. The van der Waals surface area contributed by atoms with Crippen LogP contribution in [0, 0.1) is 11.2 Å². The number of carboxylic acids is 1. The lowest BCUT2D eigenvalue weighted by Crippen LogP contribution is -2.40. The maximum atomic E-state index is 12.9. The summed E-state index contributed by atoms with van der Waals surface area (Å²) in [4.78, 5) is 16.0. The van der Waals surface area contributed by atoms with E-state index in [4.69, 9.17) is 0 Å². The highest BCUT2D eigenvalue weighted by Crippen LogP contribution is 2.26. The van der Waals surface area contributed by atoms with Crippen LogP contribution in [0.4, 0.5) is 4.39 Å². The van der Waals surface area contributed by atoms with Crippen LogP contribution < -0.4 is 5.32 Å². The minimum Gasteiger partial charge on any atom is -0.481 e. The Labute approximate surface area is 139 Å². The Bertz CT molecular complexity index is 651. The van der Waals surface area contributed by atoms with E-state index >= 15 is 0 Å². The van der Waals surface area contributed by atoms with Gasteiger partial charge in [0.05, 0.1) is 11.1 Å². The summed E-state index contributed by atoms with van der Waals surface area (Å²) in [5.74, 6) is -1.03. The van der Waals surface area contributed by atoms with E-state index in [2.05, 4.69) is 10.3 Å². The summed E-state index contributed by atoms with van der Waals surface area (Å²) in [7, 11) is 0. The number of carboxylic acid groups (broad SMARTS) is 1. The van der Waals surface area contributed by atoms with Crippen molar-refractivity contribution in [1.82, 2.24) is 10.3 Å². The second kappa shape index (κ2) is 7.66. The van der Waals surface area contributed by atoms with Crippen molar-refractivity contribution < 1.29 is 14.3 Å². The fraction of sp³-hybridized carbons (Fsp3) is 0.412. The zero-order chi connectivity index (χ0) is 16.9. The van der Waals surface area contributed by atoms with Crippen LogP contribution in [-0.4, -0.2) is 22.6 Å². The topological polar surface area (TPSA) is 62.2 Å². The third kappa shape index (κ3) is 4.14. The maximum Gasteiger partial charge on any atom is 0.310 e. The van der Waals surface area contributed by atoms with Crippen LogP contribution in [0.25, 0.3) is 10.6 Å². The van der Waals surface area contributed by atoms with Crippen LogP contribution in [-0.2, 0) is 11.3 Å². The molecule has 0 amide bonds. The molecule has 1 aromatic carbocycles. The molecule has 0 aliphatic rings. The Hall–Kier alpha value is -1.79.